The van der Waals surface area contributed by atoms with Crippen molar-refractivity contribution < 1.29 is 9.53 Å². The molecule has 2 heterocycles. The number of halogens is 1. The van der Waals surface area contributed by atoms with Gasteiger partial charge in [-0.15, -0.1) is 0 Å². The van der Waals surface area contributed by atoms with Crippen molar-refractivity contribution in [1.29, 1.82) is 0 Å². The summed E-state index contributed by atoms with van der Waals surface area (Å²) in [5, 5.41) is 0.799. The average Bonchev–Trinajstić information content (AvgIpc) is 2.33. The van der Waals surface area contributed by atoms with Crippen LogP contribution in [-0.2, 0) is 16.1 Å². The summed E-state index contributed by atoms with van der Waals surface area (Å²) < 4.78 is 5.56. The van der Waals surface area contributed by atoms with Crippen molar-refractivity contribution in [3.05, 3.63) is 34.9 Å². The molecule has 2 bridgehead atoms. The Kier molecular flexibility index (Phi) is 3.37. The lowest BCUT2D eigenvalue weighted by atomic mass is 9.92. The molecule has 2 aliphatic heterocycles. The number of benzene rings is 1. The molecule has 1 aromatic rings. The molecule has 0 aliphatic carbocycles. The van der Waals surface area contributed by atoms with E-state index >= 15 is 0 Å². The number of nitrogens with zero attached hydrogens (tertiary/aromatic N) is 1. The third kappa shape index (κ3) is 2.30. The molecule has 2 fully saturated rings. The van der Waals surface area contributed by atoms with Crippen LogP contribution in [0.2, 0.25) is 5.02 Å². The Morgan fingerprint density at radius 2 is 1.89 bits per heavy atom. The van der Waals surface area contributed by atoms with Gasteiger partial charge in [0.1, 0.15) is 5.78 Å². The monoisotopic (exact) mass is 265 g/mol. The molecule has 0 saturated carbocycles. The van der Waals surface area contributed by atoms with Crippen molar-refractivity contribution in [2.45, 2.75) is 31.5 Å². The number of morpholine rings is 1. The summed E-state index contributed by atoms with van der Waals surface area (Å²) in [6.45, 7) is 2.13. The highest BCUT2D eigenvalue weighted by molar-refractivity contribution is 6.31. The quantitative estimate of drug-likeness (QED) is 0.822. The Hall–Kier alpha value is -0.900. The van der Waals surface area contributed by atoms with Gasteiger partial charge in [0.15, 0.2) is 0 Å². The zero-order chi connectivity index (χ0) is 12.5. The largest absolute Gasteiger partial charge is 0.378 e. The van der Waals surface area contributed by atoms with Crippen LogP contribution in [0.5, 0.6) is 0 Å². The highest BCUT2D eigenvalue weighted by Gasteiger charge is 2.38. The van der Waals surface area contributed by atoms with Gasteiger partial charge in [0.05, 0.1) is 13.2 Å². The van der Waals surface area contributed by atoms with Crippen molar-refractivity contribution >= 4 is 17.4 Å². The molecule has 0 aromatic heterocycles. The molecule has 0 radical (unpaired) electrons. The van der Waals surface area contributed by atoms with Crippen molar-refractivity contribution in [3.8, 4) is 0 Å². The molecule has 0 amide bonds. The highest BCUT2D eigenvalue weighted by atomic mass is 35.5. The zero-order valence-electron chi connectivity index (χ0n) is 10.1. The molecule has 3 rings (SSSR count). The number of carbonyl (C=O) groups excluding carboxylic acids is 1. The van der Waals surface area contributed by atoms with Crippen LogP contribution in [0.3, 0.4) is 0 Å². The number of rotatable bonds is 2. The molecular weight excluding hydrogens is 250 g/mol. The fraction of sp³-hybridized carbons (Fsp3) is 0.500. The minimum atomic E-state index is 0.223. The molecular formula is C14H16ClNO2. The van der Waals surface area contributed by atoms with Crippen LogP contribution >= 0.6 is 11.6 Å². The summed E-state index contributed by atoms with van der Waals surface area (Å²) >= 11 is 6.20. The number of hydrogen-bond acceptors (Lipinski definition) is 3. The maximum absolute atomic E-state index is 11.6. The average molecular weight is 266 g/mol. The van der Waals surface area contributed by atoms with Crippen molar-refractivity contribution in [2.75, 3.05) is 13.2 Å². The number of ether oxygens (including phenoxy) is 1. The topological polar surface area (TPSA) is 29.5 Å². The number of piperidine rings is 1. The molecule has 0 N–H and O–H groups in total. The van der Waals surface area contributed by atoms with Gasteiger partial charge in [-0.05, 0) is 11.6 Å². The number of ketones is 1. The number of fused-ring (bicyclic) bond motifs is 2. The van der Waals surface area contributed by atoms with E-state index in [2.05, 4.69) is 11.0 Å². The molecule has 2 atom stereocenters. The van der Waals surface area contributed by atoms with Gasteiger partial charge in [-0.2, -0.15) is 0 Å². The standard InChI is InChI=1S/C14H16ClNO2/c15-14-4-2-1-3-10(14)7-16-11-5-13(17)6-12(16)9-18-8-11/h1-4,11-12H,5-9H2. The first-order valence-corrected chi connectivity index (χ1v) is 6.70. The minimum Gasteiger partial charge on any atom is -0.378 e. The van der Waals surface area contributed by atoms with Crippen molar-refractivity contribution in [2.24, 2.45) is 0 Å². The van der Waals surface area contributed by atoms with Crippen molar-refractivity contribution in [3.63, 3.8) is 0 Å². The van der Waals surface area contributed by atoms with E-state index in [0.29, 0.717) is 31.8 Å². The van der Waals surface area contributed by atoms with E-state index in [1.807, 2.05) is 18.2 Å². The Morgan fingerprint density at radius 1 is 1.22 bits per heavy atom. The summed E-state index contributed by atoms with van der Waals surface area (Å²) in [6.07, 6.45) is 1.22. The van der Waals surface area contributed by atoms with Gasteiger partial charge in [-0.1, -0.05) is 29.8 Å². The minimum absolute atomic E-state index is 0.223. The van der Waals surface area contributed by atoms with Crippen LogP contribution in [0, 0.1) is 0 Å². The van der Waals surface area contributed by atoms with Gasteiger partial charge in [0.2, 0.25) is 0 Å². The number of carbonyl (C=O) groups is 1. The third-order valence-electron chi connectivity index (χ3n) is 3.80. The van der Waals surface area contributed by atoms with Crippen LogP contribution < -0.4 is 0 Å². The Labute approximate surface area is 112 Å². The predicted octanol–water partition coefficient (Wildman–Crippen LogP) is 2.27. The Balaban J connectivity index is 1.80. The second-order valence-electron chi connectivity index (χ2n) is 5.06. The van der Waals surface area contributed by atoms with Gasteiger partial charge in [0.25, 0.3) is 0 Å². The molecule has 1 aromatic carbocycles. The van der Waals surface area contributed by atoms with Crippen LogP contribution in [0.4, 0.5) is 0 Å². The second kappa shape index (κ2) is 5.00. The van der Waals surface area contributed by atoms with Crippen LogP contribution in [0.25, 0.3) is 0 Å². The first kappa shape index (κ1) is 12.2. The first-order chi connectivity index (χ1) is 8.74. The molecule has 96 valence electrons. The normalized spacial score (nSPS) is 28.4. The summed E-state index contributed by atoms with van der Waals surface area (Å²) in [4.78, 5) is 14.0. The maximum Gasteiger partial charge on any atom is 0.136 e. The van der Waals surface area contributed by atoms with E-state index in [0.717, 1.165) is 17.1 Å². The lowest BCUT2D eigenvalue weighted by Crippen LogP contribution is -2.56. The van der Waals surface area contributed by atoms with E-state index in [9.17, 15) is 4.79 Å². The number of hydrogen-bond donors (Lipinski definition) is 0. The molecule has 3 nitrogen and oxygen atoms in total. The third-order valence-corrected chi connectivity index (χ3v) is 4.16. The fourth-order valence-corrected chi connectivity index (χ4v) is 3.07. The zero-order valence-corrected chi connectivity index (χ0v) is 10.9. The summed E-state index contributed by atoms with van der Waals surface area (Å²) in [5.41, 5.74) is 1.13. The molecule has 2 saturated heterocycles. The van der Waals surface area contributed by atoms with Crippen molar-refractivity contribution in [1.82, 2.24) is 4.90 Å². The highest BCUT2D eigenvalue weighted by Crippen LogP contribution is 2.28. The van der Waals surface area contributed by atoms with E-state index in [4.69, 9.17) is 16.3 Å². The van der Waals surface area contributed by atoms with E-state index < -0.39 is 0 Å². The van der Waals surface area contributed by atoms with E-state index in [1.165, 1.54) is 0 Å². The SMILES string of the molecule is O=C1CC2COCC(C1)N2Cc1ccccc1Cl. The summed E-state index contributed by atoms with van der Waals surface area (Å²) in [7, 11) is 0. The molecule has 2 aliphatic rings. The van der Waals surface area contributed by atoms with E-state index in [1.54, 1.807) is 0 Å². The summed E-state index contributed by atoms with van der Waals surface area (Å²) in [5.74, 6) is 0.365. The fourth-order valence-electron chi connectivity index (χ4n) is 2.87. The van der Waals surface area contributed by atoms with Gasteiger partial charge in [0, 0.05) is 36.5 Å². The van der Waals surface area contributed by atoms with Gasteiger partial charge < -0.3 is 4.74 Å². The number of Topliss-reactive ketones (excluding diaryl/α,β-unsaturated/α-hetero) is 1. The lowest BCUT2D eigenvalue weighted by molar-refractivity contribution is -0.136. The Morgan fingerprint density at radius 3 is 2.56 bits per heavy atom. The first-order valence-electron chi connectivity index (χ1n) is 6.32. The van der Waals surface area contributed by atoms with Gasteiger partial charge in [-0.3, -0.25) is 9.69 Å². The van der Waals surface area contributed by atoms with Crippen LogP contribution in [-0.4, -0.2) is 36.0 Å². The molecule has 18 heavy (non-hydrogen) atoms. The van der Waals surface area contributed by atoms with Crippen LogP contribution in [0.1, 0.15) is 18.4 Å². The molecule has 0 spiro atoms. The van der Waals surface area contributed by atoms with Gasteiger partial charge in [-0.25, -0.2) is 0 Å². The molecule has 2 unspecified atom stereocenters. The second-order valence-corrected chi connectivity index (χ2v) is 5.46. The maximum atomic E-state index is 11.6. The van der Waals surface area contributed by atoms with E-state index in [-0.39, 0.29) is 12.1 Å². The van der Waals surface area contributed by atoms with Crippen LogP contribution in [0.15, 0.2) is 24.3 Å². The van der Waals surface area contributed by atoms with Gasteiger partial charge >= 0.3 is 0 Å². The molecule has 4 heteroatoms. The smallest absolute Gasteiger partial charge is 0.136 e. The Bertz CT molecular complexity index is 447. The summed E-state index contributed by atoms with van der Waals surface area (Å²) in [6, 6.07) is 8.36. The lowest BCUT2D eigenvalue weighted by Gasteiger charge is -2.45. The predicted molar refractivity (Wildman–Crippen MR) is 69.6 cm³/mol.